The van der Waals surface area contributed by atoms with Crippen molar-refractivity contribution in [3.63, 3.8) is 0 Å². The Morgan fingerprint density at radius 3 is 2.64 bits per heavy atom. The van der Waals surface area contributed by atoms with Crippen LogP contribution in [0.5, 0.6) is 5.75 Å². The van der Waals surface area contributed by atoms with E-state index in [-0.39, 0.29) is 10.6 Å². The van der Waals surface area contributed by atoms with Gasteiger partial charge < -0.3 is 9.84 Å². The summed E-state index contributed by atoms with van der Waals surface area (Å²) in [6.45, 7) is 0. The maximum atomic E-state index is 13.8. The number of hydrogen-bond acceptors (Lipinski definition) is 4. The Morgan fingerprint density at radius 1 is 1.27 bits per heavy atom. The zero-order chi connectivity index (χ0) is 15.7. The average molecular weight is 334 g/mol. The largest absolute Gasteiger partial charge is 0.494 e. The first-order valence-electron chi connectivity index (χ1n) is 6.36. The second kappa shape index (κ2) is 5.98. The van der Waals surface area contributed by atoms with E-state index in [1.165, 1.54) is 24.9 Å². The molecule has 0 radical (unpaired) electrons. The lowest BCUT2D eigenvalue weighted by molar-refractivity contribution is 0.0699. The molecule has 1 aromatic heterocycles. The molecule has 0 saturated carbocycles. The van der Waals surface area contributed by atoms with Crippen molar-refractivity contribution in [3.05, 3.63) is 53.2 Å². The number of benzene rings is 2. The number of fused-ring (bicyclic) bond motifs is 1. The van der Waals surface area contributed by atoms with Gasteiger partial charge in [-0.05, 0) is 24.3 Å². The van der Waals surface area contributed by atoms with Crippen LogP contribution < -0.4 is 4.74 Å². The van der Waals surface area contributed by atoms with Crippen LogP contribution in [0.4, 0.5) is 4.39 Å². The number of thiophene rings is 1. The Hall–Kier alpha value is -2.05. The van der Waals surface area contributed by atoms with Crippen molar-refractivity contribution < 1.29 is 19.0 Å². The summed E-state index contributed by atoms with van der Waals surface area (Å²) in [7, 11) is 1.39. The molecular weight excluding hydrogens is 323 g/mol. The summed E-state index contributed by atoms with van der Waals surface area (Å²) in [6, 6.07) is 12.3. The maximum absolute atomic E-state index is 13.8. The number of aromatic carboxylic acids is 1. The smallest absolute Gasteiger partial charge is 0.347 e. The van der Waals surface area contributed by atoms with Gasteiger partial charge in [0.25, 0.3) is 0 Å². The third kappa shape index (κ3) is 2.67. The van der Waals surface area contributed by atoms with Crippen molar-refractivity contribution in [2.24, 2.45) is 0 Å². The average Bonchev–Trinajstić information content (AvgIpc) is 2.85. The van der Waals surface area contributed by atoms with Crippen LogP contribution in [0.25, 0.3) is 10.1 Å². The third-order valence-electron chi connectivity index (χ3n) is 3.07. The van der Waals surface area contributed by atoms with E-state index in [2.05, 4.69) is 0 Å². The molecular formula is C16H11FO3S2. The predicted molar refractivity (Wildman–Crippen MR) is 85.9 cm³/mol. The molecule has 3 nitrogen and oxygen atoms in total. The molecule has 0 aliphatic carbocycles. The van der Waals surface area contributed by atoms with Crippen molar-refractivity contribution in [1.29, 1.82) is 0 Å². The lowest BCUT2D eigenvalue weighted by atomic mass is 10.2. The summed E-state index contributed by atoms with van der Waals surface area (Å²) >= 11 is 2.42. The van der Waals surface area contributed by atoms with Crippen LogP contribution in [0.3, 0.4) is 0 Å². The van der Waals surface area contributed by atoms with Gasteiger partial charge in [0.15, 0.2) is 11.6 Å². The second-order valence-corrected chi connectivity index (χ2v) is 6.60. The van der Waals surface area contributed by atoms with Gasteiger partial charge in [0, 0.05) is 19.9 Å². The lowest BCUT2D eigenvalue weighted by Crippen LogP contribution is -1.93. The molecule has 6 heteroatoms. The summed E-state index contributed by atoms with van der Waals surface area (Å²) < 4.78 is 19.4. The quantitative estimate of drug-likeness (QED) is 0.737. The van der Waals surface area contributed by atoms with Crippen molar-refractivity contribution in [2.75, 3.05) is 7.11 Å². The zero-order valence-electron chi connectivity index (χ0n) is 11.5. The predicted octanol–water partition coefficient (Wildman–Crippen LogP) is 4.90. The fourth-order valence-electron chi connectivity index (χ4n) is 2.08. The van der Waals surface area contributed by atoms with Crippen LogP contribution in [0.2, 0.25) is 0 Å². The Morgan fingerprint density at radius 2 is 2.00 bits per heavy atom. The van der Waals surface area contributed by atoms with Gasteiger partial charge in [-0.1, -0.05) is 30.0 Å². The SMILES string of the molecule is COc1cc2c(Sc3ccccc3)c(C(=O)O)sc2cc1F. The molecule has 3 rings (SSSR count). The van der Waals surface area contributed by atoms with E-state index in [0.717, 1.165) is 16.2 Å². The molecule has 0 unspecified atom stereocenters. The van der Waals surface area contributed by atoms with Gasteiger partial charge in [-0.3, -0.25) is 0 Å². The number of carbonyl (C=O) groups is 1. The van der Waals surface area contributed by atoms with Crippen LogP contribution in [-0.4, -0.2) is 18.2 Å². The summed E-state index contributed by atoms with van der Waals surface area (Å²) in [6.07, 6.45) is 0. The van der Waals surface area contributed by atoms with Gasteiger partial charge in [0.2, 0.25) is 0 Å². The number of carboxylic acids is 1. The van der Waals surface area contributed by atoms with Crippen molar-refractivity contribution in [1.82, 2.24) is 0 Å². The molecule has 112 valence electrons. The minimum atomic E-state index is -1.01. The minimum absolute atomic E-state index is 0.108. The normalized spacial score (nSPS) is 10.8. The Labute approximate surface area is 134 Å². The fourth-order valence-corrected chi connectivity index (χ4v) is 4.33. The Balaban J connectivity index is 2.20. The summed E-state index contributed by atoms with van der Waals surface area (Å²) in [5.74, 6) is -1.40. The molecule has 0 spiro atoms. The number of methoxy groups -OCH3 is 1. The molecule has 1 N–H and O–H groups in total. The Kier molecular flexibility index (Phi) is 4.04. The van der Waals surface area contributed by atoms with Gasteiger partial charge in [-0.25, -0.2) is 9.18 Å². The van der Waals surface area contributed by atoms with Gasteiger partial charge in [-0.2, -0.15) is 0 Å². The van der Waals surface area contributed by atoms with E-state index in [1.54, 1.807) is 6.07 Å². The number of hydrogen-bond donors (Lipinski definition) is 1. The molecule has 1 heterocycles. The van der Waals surface area contributed by atoms with Crippen LogP contribution in [-0.2, 0) is 0 Å². The molecule has 0 fully saturated rings. The second-order valence-electron chi connectivity index (χ2n) is 4.46. The van der Waals surface area contributed by atoms with Crippen LogP contribution in [0, 0.1) is 5.82 Å². The molecule has 3 aromatic rings. The monoisotopic (exact) mass is 334 g/mol. The fraction of sp³-hybridized carbons (Fsp3) is 0.0625. The molecule has 0 saturated heterocycles. The molecule has 0 atom stereocenters. The van der Waals surface area contributed by atoms with E-state index < -0.39 is 11.8 Å². The van der Waals surface area contributed by atoms with E-state index in [1.807, 2.05) is 30.3 Å². The summed E-state index contributed by atoms with van der Waals surface area (Å²) in [5, 5.41) is 10.1. The number of ether oxygens (including phenoxy) is 1. The topological polar surface area (TPSA) is 46.5 Å². The zero-order valence-corrected chi connectivity index (χ0v) is 13.1. The highest BCUT2D eigenvalue weighted by Crippen LogP contribution is 2.43. The maximum Gasteiger partial charge on any atom is 0.347 e. The standard InChI is InChI=1S/C16H11FO3S2/c1-20-12-7-10-13(8-11(12)17)22-15(16(18)19)14(10)21-9-5-3-2-4-6-9/h2-8H,1H3,(H,18,19). The van der Waals surface area contributed by atoms with Crippen LogP contribution in [0.1, 0.15) is 9.67 Å². The van der Waals surface area contributed by atoms with Crippen LogP contribution >= 0.6 is 23.1 Å². The minimum Gasteiger partial charge on any atom is -0.494 e. The Bertz CT molecular complexity index is 843. The number of carboxylic acid groups (broad SMARTS) is 1. The first kappa shape index (κ1) is 14.9. The first-order valence-corrected chi connectivity index (χ1v) is 7.99. The van der Waals surface area contributed by atoms with Gasteiger partial charge in [-0.15, -0.1) is 11.3 Å². The van der Waals surface area contributed by atoms with E-state index >= 15 is 0 Å². The lowest BCUT2D eigenvalue weighted by Gasteiger charge is -2.04. The molecule has 0 aliphatic heterocycles. The van der Waals surface area contributed by atoms with Crippen molar-refractivity contribution >= 4 is 39.2 Å². The molecule has 0 amide bonds. The molecule has 2 aromatic carbocycles. The highest BCUT2D eigenvalue weighted by Gasteiger charge is 2.20. The van der Waals surface area contributed by atoms with Gasteiger partial charge in [0.1, 0.15) is 4.88 Å². The van der Waals surface area contributed by atoms with Crippen LogP contribution in [0.15, 0.2) is 52.3 Å². The van der Waals surface area contributed by atoms with E-state index in [9.17, 15) is 14.3 Å². The molecule has 22 heavy (non-hydrogen) atoms. The first-order chi connectivity index (χ1) is 10.6. The van der Waals surface area contributed by atoms with Crippen molar-refractivity contribution in [2.45, 2.75) is 9.79 Å². The summed E-state index contributed by atoms with van der Waals surface area (Å²) in [5.41, 5.74) is 0. The van der Waals surface area contributed by atoms with E-state index in [4.69, 9.17) is 4.74 Å². The van der Waals surface area contributed by atoms with E-state index in [0.29, 0.717) is 15.0 Å². The molecule has 0 aliphatic rings. The number of rotatable bonds is 4. The van der Waals surface area contributed by atoms with Crippen molar-refractivity contribution in [3.8, 4) is 5.75 Å². The number of halogens is 1. The highest BCUT2D eigenvalue weighted by molar-refractivity contribution is 7.99. The summed E-state index contributed by atoms with van der Waals surface area (Å²) in [4.78, 5) is 13.2. The highest BCUT2D eigenvalue weighted by atomic mass is 32.2. The van der Waals surface area contributed by atoms with Gasteiger partial charge >= 0.3 is 5.97 Å². The molecule has 0 bridgehead atoms. The third-order valence-corrected chi connectivity index (χ3v) is 5.48. The van der Waals surface area contributed by atoms with Gasteiger partial charge in [0.05, 0.1) is 7.11 Å².